The van der Waals surface area contributed by atoms with Gasteiger partial charge in [0.2, 0.25) is 0 Å². The zero-order valence-corrected chi connectivity index (χ0v) is 19.0. The van der Waals surface area contributed by atoms with Crippen LogP contribution in [0.4, 0.5) is 5.69 Å². The van der Waals surface area contributed by atoms with Crippen LogP contribution in [-0.4, -0.2) is 20.0 Å². The van der Waals surface area contributed by atoms with Crippen LogP contribution in [0.5, 0.6) is 0 Å². The van der Waals surface area contributed by atoms with E-state index in [0.29, 0.717) is 15.7 Å². The molecule has 0 aliphatic rings. The number of nitrogens with one attached hydrogen (secondary N) is 2. The maximum atomic E-state index is 12.8. The normalized spacial score (nSPS) is 11.9. The summed E-state index contributed by atoms with van der Waals surface area (Å²) in [6, 6.07) is 14.8. The van der Waals surface area contributed by atoms with Crippen molar-refractivity contribution in [1.82, 2.24) is 5.43 Å². The summed E-state index contributed by atoms with van der Waals surface area (Å²) in [6.07, 6.45) is 0. The topological polar surface area (TPSA) is 87.6 Å². The number of anilines is 1. The molecule has 3 aromatic rings. The fourth-order valence-corrected chi connectivity index (χ4v) is 4.86. The molecule has 2 N–H and O–H groups in total. The Morgan fingerprint density at radius 2 is 1.83 bits per heavy atom. The number of aryl methyl sites for hydroxylation is 2. The number of thiophene rings is 1. The van der Waals surface area contributed by atoms with Gasteiger partial charge in [0.25, 0.3) is 15.9 Å². The summed E-state index contributed by atoms with van der Waals surface area (Å²) in [4.78, 5) is 13.3. The number of rotatable bonds is 6. The molecule has 0 aliphatic carbocycles. The van der Waals surface area contributed by atoms with Crippen molar-refractivity contribution in [2.45, 2.75) is 25.7 Å². The van der Waals surface area contributed by atoms with Crippen LogP contribution < -0.4 is 10.1 Å². The number of halogens is 1. The Balaban J connectivity index is 1.78. The van der Waals surface area contributed by atoms with E-state index in [1.165, 1.54) is 35.6 Å². The quantitative estimate of drug-likeness (QED) is 0.401. The molecule has 0 saturated carbocycles. The van der Waals surface area contributed by atoms with Crippen molar-refractivity contribution in [3.63, 3.8) is 0 Å². The van der Waals surface area contributed by atoms with E-state index in [9.17, 15) is 13.2 Å². The smallest absolute Gasteiger partial charge is 0.271 e. The first-order chi connectivity index (χ1) is 14.2. The van der Waals surface area contributed by atoms with Gasteiger partial charge in [-0.2, -0.15) is 5.10 Å². The van der Waals surface area contributed by atoms with Crippen LogP contribution >= 0.6 is 22.9 Å². The van der Waals surface area contributed by atoms with E-state index in [2.05, 4.69) is 15.2 Å². The van der Waals surface area contributed by atoms with Crippen LogP contribution in [0.2, 0.25) is 4.34 Å². The molecule has 1 amide bonds. The summed E-state index contributed by atoms with van der Waals surface area (Å²) in [7, 11) is -3.86. The Morgan fingerprint density at radius 3 is 2.50 bits per heavy atom. The molecule has 0 fully saturated rings. The third kappa shape index (κ3) is 5.27. The second-order valence-electron chi connectivity index (χ2n) is 6.69. The lowest BCUT2D eigenvalue weighted by Crippen LogP contribution is -2.20. The summed E-state index contributed by atoms with van der Waals surface area (Å²) in [5.74, 6) is -0.513. The van der Waals surface area contributed by atoms with E-state index < -0.39 is 15.9 Å². The van der Waals surface area contributed by atoms with Gasteiger partial charge in [-0.25, -0.2) is 13.8 Å². The molecule has 0 bridgehead atoms. The highest BCUT2D eigenvalue weighted by molar-refractivity contribution is 7.92. The number of nitrogens with zero attached hydrogens (tertiary/aromatic N) is 1. The monoisotopic (exact) mass is 461 g/mol. The summed E-state index contributed by atoms with van der Waals surface area (Å²) in [5, 5.41) is 4.07. The minimum atomic E-state index is -3.86. The Labute approximate surface area is 184 Å². The van der Waals surface area contributed by atoms with Crippen molar-refractivity contribution < 1.29 is 13.2 Å². The van der Waals surface area contributed by atoms with Gasteiger partial charge >= 0.3 is 0 Å². The Kier molecular flexibility index (Phi) is 6.60. The highest BCUT2D eigenvalue weighted by atomic mass is 35.5. The number of sulfonamides is 1. The standard InChI is InChI=1S/C21H20ClN3O3S2/c1-13-7-8-18(14(2)11-13)25-30(27,28)17-6-4-5-16(12-17)21(26)24-23-15(3)19-9-10-20(22)29-19/h4-12,25H,1-3H3,(H,24,26). The third-order valence-corrected chi connectivity index (χ3v) is 6.99. The van der Waals surface area contributed by atoms with Crippen molar-refractivity contribution in [1.29, 1.82) is 0 Å². The zero-order chi connectivity index (χ0) is 21.9. The molecule has 2 aromatic carbocycles. The molecule has 0 saturated heterocycles. The largest absolute Gasteiger partial charge is 0.279 e. The van der Waals surface area contributed by atoms with Gasteiger partial charge in [0.05, 0.1) is 25.5 Å². The molecule has 0 atom stereocenters. The number of carbonyl (C=O) groups is 1. The van der Waals surface area contributed by atoms with Crippen molar-refractivity contribution in [3.05, 3.63) is 80.5 Å². The van der Waals surface area contributed by atoms with Crippen LogP contribution in [0.1, 0.15) is 33.3 Å². The molecule has 0 unspecified atom stereocenters. The second-order valence-corrected chi connectivity index (χ2v) is 10.1. The van der Waals surface area contributed by atoms with E-state index in [0.717, 1.165) is 16.0 Å². The summed E-state index contributed by atoms with van der Waals surface area (Å²) >= 11 is 7.26. The molecule has 9 heteroatoms. The van der Waals surface area contributed by atoms with Gasteiger partial charge in [0.1, 0.15) is 0 Å². The van der Waals surface area contributed by atoms with Gasteiger partial charge in [-0.15, -0.1) is 11.3 Å². The molecule has 1 aromatic heterocycles. The van der Waals surface area contributed by atoms with Gasteiger partial charge in [0, 0.05) is 5.56 Å². The fraction of sp³-hybridized carbons (Fsp3) is 0.143. The van der Waals surface area contributed by atoms with E-state index >= 15 is 0 Å². The molecular formula is C21H20ClN3O3S2. The van der Waals surface area contributed by atoms with Crippen molar-refractivity contribution >= 4 is 50.3 Å². The van der Waals surface area contributed by atoms with Crippen molar-refractivity contribution in [3.8, 4) is 0 Å². The molecule has 1 heterocycles. The van der Waals surface area contributed by atoms with Crippen LogP contribution in [0.25, 0.3) is 0 Å². The molecule has 0 aliphatic heterocycles. The SMILES string of the molecule is CC(=NNC(=O)c1cccc(S(=O)(=O)Nc2ccc(C)cc2C)c1)c1ccc(Cl)s1. The molecule has 0 spiro atoms. The first-order valence-electron chi connectivity index (χ1n) is 8.96. The lowest BCUT2D eigenvalue weighted by atomic mass is 10.1. The van der Waals surface area contributed by atoms with E-state index in [4.69, 9.17) is 11.6 Å². The van der Waals surface area contributed by atoms with Gasteiger partial charge in [-0.1, -0.05) is 35.4 Å². The fourth-order valence-electron chi connectivity index (χ4n) is 2.70. The average Bonchev–Trinajstić information content (AvgIpc) is 3.14. The lowest BCUT2D eigenvalue weighted by molar-refractivity contribution is 0.0954. The number of carbonyl (C=O) groups excluding carboxylic acids is 1. The molecule has 6 nitrogen and oxygen atoms in total. The van der Waals surface area contributed by atoms with Crippen molar-refractivity contribution in [2.24, 2.45) is 5.10 Å². The van der Waals surface area contributed by atoms with Crippen LogP contribution in [-0.2, 0) is 10.0 Å². The number of amides is 1. The van der Waals surface area contributed by atoms with Gasteiger partial charge in [-0.05, 0) is 62.7 Å². The predicted octanol–water partition coefficient (Wildman–Crippen LogP) is 4.97. The second kappa shape index (κ2) is 8.99. The maximum absolute atomic E-state index is 12.8. The Bertz CT molecular complexity index is 1230. The number of hydrazone groups is 1. The van der Waals surface area contributed by atoms with Gasteiger partial charge in [-0.3, -0.25) is 9.52 Å². The zero-order valence-electron chi connectivity index (χ0n) is 16.6. The molecule has 156 valence electrons. The minimum Gasteiger partial charge on any atom is -0.279 e. The van der Waals surface area contributed by atoms with Gasteiger partial charge < -0.3 is 0 Å². The lowest BCUT2D eigenvalue weighted by Gasteiger charge is -2.12. The minimum absolute atomic E-state index is 0.0131. The van der Waals surface area contributed by atoms with E-state index in [1.54, 1.807) is 19.1 Å². The molecule has 0 radical (unpaired) electrons. The Hall–Kier alpha value is -2.68. The highest BCUT2D eigenvalue weighted by Gasteiger charge is 2.17. The first kappa shape index (κ1) is 22.0. The predicted molar refractivity (Wildman–Crippen MR) is 122 cm³/mol. The Morgan fingerprint density at radius 1 is 1.07 bits per heavy atom. The van der Waals surface area contributed by atoms with Gasteiger partial charge in [0.15, 0.2) is 0 Å². The first-order valence-corrected chi connectivity index (χ1v) is 11.6. The number of benzene rings is 2. The molecular weight excluding hydrogens is 442 g/mol. The highest BCUT2D eigenvalue weighted by Crippen LogP contribution is 2.23. The maximum Gasteiger partial charge on any atom is 0.271 e. The summed E-state index contributed by atoms with van der Waals surface area (Å²) in [6.45, 7) is 5.51. The summed E-state index contributed by atoms with van der Waals surface area (Å²) < 4.78 is 28.8. The molecule has 3 rings (SSSR count). The van der Waals surface area contributed by atoms with E-state index in [1.807, 2.05) is 32.0 Å². The van der Waals surface area contributed by atoms with Crippen LogP contribution in [0.3, 0.4) is 0 Å². The summed E-state index contributed by atoms with van der Waals surface area (Å²) in [5.41, 5.74) is 5.56. The van der Waals surface area contributed by atoms with Crippen molar-refractivity contribution in [2.75, 3.05) is 4.72 Å². The van der Waals surface area contributed by atoms with Crippen LogP contribution in [0.15, 0.2) is 64.6 Å². The number of hydrogen-bond acceptors (Lipinski definition) is 5. The van der Waals surface area contributed by atoms with Crippen LogP contribution in [0, 0.1) is 13.8 Å². The number of hydrogen-bond donors (Lipinski definition) is 2. The average molecular weight is 462 g/mol. The third-order valence-electron chi connectivity index (χ3n) is 4.29. The van der Waals surface area contributed by atoms with E-state index in [-0.39, 0.29) is 10.5 Å². The molecule has 30 heavy (non-hydrogen) atoms.